The van der Waals surface area contributed by atoms with Crippen molar-refractivity contribution in [2.24, 2.45) is 17.8 Å². The lowest BCUT2D eigenvalue weighted by Crippen LogP contribution is -2.49. The van der Waals surface area contributed by atoms with E-state index in [0.29, 0.717) is 13.2 Å². The van der Waals surface area contributed by atoms with Gasteiger partial charge in [0.1, 0.15) is 0 Å². The fraction of sp³-hybridized carbons (Fsp3) is 0.739. The largest absolute Gasteiger partial charge is 0.389 e. The third-order valence-electron chi connectivity index (χ3n) is 7.18. The van der Waals surface area contributed by atoms with Gasteiger partial charge in [0.05, 0.1) is 12.7 Å². The molecule has 4 nitrogen and oxygen atoms in total. The summed E-state index contributed by atoms with van der Waals surface area (Å²) < 4.78 is 5.82. The number of ether oxygens (including phenoxy) is 1. The van der Waals surface area contributed by atoms with E-state index >= 15 is 0 Å². The molecule has 28 heavy (non-hydrogen) atoms. The Bertz CT molecular complexity index is 647. The van der Waals surface area contributed by atoms with Gasteiger partial charge in [-0.15, -0.1) is 0 Å². The van der Waals surface area contributed by atoms with Crippen LogP contribution in [0.1, 0.15) is 37.7 Å². The molecule has 2 saturated carbocycles. The van der Waals surface area contributed by atoms with Crippen molar-refractivity contribution in [2.75, 3.05) is 50.8 Å². The summed E-state index contributed by atoms with van der Waals surface area (Å²) in [5.41, 5.74) is 2.50. The molecule has 0 amide bonds. The number of halogens is 1. The number of anilines is 1. The standard InChI is InChI=1S/C23H35ClN2O2/c1-17-2-5-21(24)14-23(17)26-9-7-25(8-10-26)15-22(27)16-28-11-6-20-13-18-3-4-19(20)12-18/h2,5,14,18-20,22,27H,3-4,6-13,15-16H2,1H3/t18-,19-,20-,22-/m1/s1. The van der Waals surface area contributed by atoms with E-state index in [9.17, 15) is 5.11 Å². The van der Waals surface area contributed by atoms with Crippen LogP contribution in [0.4, 0.5) is 5.69 Å². The molecule has 1 N–H and O–H groups in total. The number of β-amino-alcohol motifs (C(OH)–C–C–N with tert-alkyl or cyclic N) is 1. The highest BCUT2D eigenvalue weighted by atomic mass is 35.5. The Labute approximate surface area is 174 Å². The Balaban J connectivity index is 1.12. The van der Waals surface area contributed by atoms with Crippen molar-refractivity contribution in [1.29, 1.82) is 0 Å². The molecule has 0 aromatic heterocycles. The summed E-state index contributed by atoms with van der Waals surface area (Å²) in [6.45, 7) is 7.99. The Hall–Kier alpha value is -0.810. The SMILES string of the molecule is Cc1ccc(Cl)cc1N1CCN(C[C@@H](O)COCC[C@@H]2C[C@@H]3CC[C@@H]2C3)CC1. The maximum atomic E-state index is 10.4. The van der Waals surface area contributed by atoms with Gasteiger partial charge in [0.25, 0.3) is 0 Å². The predicted octanol–water partition coefficient (Wildman–Crippen LogP) is 3.97. The minimum atomic E-state index is -0.389. The molecule has 1 aromatic carbocycles. The lowest BCUT2D eigenvalue weighted by atomic mass is 9.87. The van der Waals surface area contributed by atoms with Crippen LogP contribution in [0.25, 0.3) is 0 Å². The number of nitrogens with zero attached hydrogens (tertiary/aromatic N) is 2. The van der Waals surface area contributed by atoms with E-state index < -0.39 is 0 Å². The molecule has 4 rings (SSSR count). The lowest BCUT2D eigenvalue weighted by molar-refractivity contribution is 0.0100. The Morgan fingerprint density at radius 1 is 1.18 bits per heavy atom. The van der Waals surface area contributed by atoms with Gasteiger partial charge in [-0.3, -0.25) is 4.90 Å². The second-order valence-corrected chi connectivity index (χ2v) is 9.61. The summed E-state index contributed by atoms with van der Waals surface area (Å²) in [5.74, 6) is 2.87. The molecule has 1 saturated heterocycles. The summed E-state index contributed by atoms with van der Waals surface area (Å²) >= 11 is 6.17. The van der Waals surface area contributed by atoms with Crippen molar-refractivity contribution >= 4 is 17.3 Å². The van der Waals surface area contributed by atoms with Gasteiger partial charge in [0.2, 0.25) is 0 Å². The molecule has 0 spiro atoms. The predicted molar refractivity (Wildman–Crippen MR) is 115 cm³/mol. The molecule has 0 unspecified atom stereocenters. The second kappa shape index (κ2) is 9.34. The number of benzene rings is 1. The molecular weight excluding hydrogens is 372 g/mol. The number of hydrogen-bond acceptors (Lipinski definition) is 4. The normalized spacial score (nSPS) is 28.8. The first-order valence-electron chi connectivity index (χ1n) is 11.1. The minimum Gasteiger partial charge on any atom is -0.389 e. The van der Waals surface area contributed by atoms with Crippen molar-refractivity contribution in [3.05, 3.63) is 28.8 Å². The van der Waals surface area contributed by atoms with Crippen LogP contribution in [-0.2, 0) is 4.74 Å². The highest BCUT2D eigenvalue weighted by molar-refractivity contribution is 6.30. The van der Waals surface area contributed by atoms with Crippen molar-refractivity contribution in [1.82, 2.24) is 4.90 Å². The van der Waals surface area contributed by atoms with E-state index in [-0.39, 0.29) is 6.10 Å². The van der Waals surface area contributed by atoms with E-state index in [4.69, 9.17) is 16.3 Å². The first-order chi connectivity index (χ1) is 13.6. The Morgan fingerprint density at radius 3 is 2.71 bits per heavy atom. The van der Waals surface area contributed by atoms with Crippen LogP contribution in [0.3, 0.4) is 0 Å². The molecule has 2 bridgehead atoms. The van der Waals surface area contributed by atoms with Gasteiger partial charge < -0.3 is 14.7 Å². The Morgan fingerprint density at radius 2 is 2.00 bits per heavy atom. The maximum absolute atomic E-state index is 10.4. The van der Waals surface area contributed by atoms with Gasteiger partial charge >= 0.3 is 0 Å². The molecule has 1 aliphatic heterocycles. The van der Waals surface area contributed by atoms with Gasteiger partial charge in [-0.1, -0.05) is 24.1 Å². The summed E-state index contributed by atoms with van der Waals surface area (Å²) in [4.78, 5) is 4.75. The molecular formula is C23H35ClN2O2. The lowest BCUT2D eigenvalue weighted by Gasteiger charge is -2.37. The number of aliphatic hydroxyl groups is 1. The molecule has 156 valence electrons. The zero-order chi connectivity index (χ0) is 19.5. The number of piperazine rings is 1. The molecule has 3 aliphatic rings. The first kappa shape index (κ1) is 20.5. The quantitative estimate of drug-likeness (QED) is 0.662. The van der Waals surface area contributed by atoms with Gasteiger partial charge in [-0.25, -0.2) is 0 Å². The van der Waals surface area contributed by atoms with Gasteiger partial charge in [0.15, 0.2) is 0 Å². The fourth-order valence-corrected chi connectivity index (χ4v) is 5.80. The van der Waals surface area contributed by atoms with Crippen LogP contribution in [0, 0.1) is 24.7 Å². The molecule has 2 aliphatic carbocycles. The third kappa shape index (κ3) is 5.02. The smallest absolute Gasteiger partial charge is 0.0900 e. The first-order valence-corrected chi connectivity index (χ1v) is 11.5. The number of hydrogen-bond donors (Lipinski definition) is 1. The summed E-state index contributed by atoms with van der Waals surface area (Å²) in [6, 6.07) is 6.09. The van der Waals surface area contributed by atoms with Crippen LogP contribution in [0.15, 0.2) is 18.2 Å². The maximum Gasteiger partial charge on any atom is 0.0900 e. The molecule has 1 aromatic rings. The van der Waals surface area contributed by atoms with E-state index in [1.807, 2.05) is 6.07 Å². The molecule has 5 heteroatoms. The molecule has 3 fully saturated rings. The topological polar surface area (TPSA) is 35.9 Å². The van der Waals surface area contributed by atoms with Crippen LogP contribution < -0.4 is 4.90 Å². The Kier molecular flexibility index (Phi) is 6.82. The van der Waals surface area contributed by atoms with Crippen LogP contribution in [0.5, 0.6) is 0 Å². The van der Waals surface area contributed by atoms with E-state index in [1.165, 1.54) is 43.4 Å². The number of aliphatic hydroxyl groups excluding tert-OH is 1. The molecule has 4 atom stereocenters. The van der Waals surface area contributed by atoms with Crippen molar-refractivity contribution in [3.63, 3.8) is 0 Å². The third-order valence-corrected chi connectivity index (χ3v) is 7.42. The second-order valence-electron chi connectivity index (χ2n) is 9.17. The zero-order valence-corrected chi connectivity index (χ0v) is 17.9. The molecule has 0 radical (unpaired) electrons. The van der Waals surface area contributed by atoms with Crippen molar-refractivity contribution in [3.8, 4) is 0 Å². The number of rotatable bonds is 8. The number of aryl methyl sites for hydroxylation is 1. The van der Waals surface area contributed by atoms with Crippen LogP contribution in [0.2, 0.25) is 5.02 Å². The van der Waals surface area contributed by atoms with Crippen molar-refractivity contribution < 1.29 is 9.84 Å². The average molecular weight is 407 g/mol. The van der Waals surface area contributed by atoms with E-state index in [0.717, 1.165) is 55.6 Å². The zero-order valence-electron chi connectivity index (χ0n) is 17.2. The number of fused-ring (bicyclic) bond motifs is 2. The summed E-state index contributed by atoms with van der Waals surface area (Å²) in [7, 11) is 0. The summed E-state index contributed by atoms with van der Waals surface area (Å²) in [5, 5.41) is 11.2. The van der Waals surface area contributed by atoms with Gasteiger partial charge in [-0.05, 0) is 68.1 Å². The van der Waals surface area contributed by atoms with Crippen LogP contribution in [-0.4, -0.2) is 62.0 Å². The van der Waals surface area contributed by atoms with Crippen molar-refractivity contribution in [2.45, 2.75) is 45.1 Å². The highest BCUT2D eigenvalue weighted by Gasteiger charge is 2.38. The average Bonchev–Trinajstić information content (AvgIpc) is 3.31. The van der Waals surface area contributed by atoms with Gasteiger partial charge in [0, 0.05) is 50.0 Å². The monoisotopic (exact) mass is 406 g/mol. The van der Waals surface area contributed by atoms with Gasteiger partial charge in [-0.2, -0.15) is 0 Å². The molecule has 1 heterocycles. The van der Waals surface area contributed by atoms with E-state index in [2.05, 4.69) is 28.9 Å². The fourth-order valence-electron chi connectivity index (χ4n) is 5.63. The van der Waals surface area contributed by atoms with E-state index in [1.54, 1.807) is 0 Å². The van der Waals surface area contributed by atoms with Crippen LogP contribution >= 0.6 is 11.6 Å². The minimum absolute atomic E-state index is 0.389. The highest BCUT2D eigenvalue weighted by Crippen LogP contribution is 2.49. The summed E-state index contributed by atoms with van der Waals surface area (Å²) in [6.07, 6.45) is 6.59.